The predicted octanol–water partition coefficient (Wildman–Crippen LogP) is 5.62. The molecule has 0 nitrogen and oxygen atoms in total. The van der Waals surface area contributed by atoms with Crippen molar-refractivity contribution in [2.75, 3.05) is 0 Å². The maximum Gasteiger partial charge on any atom is -0.0391 e. The van der Waals surface area contributed by atoms with Crippen LogP contribution in [0.25, 0.3) is 0 Å². The van der Waals surface area contributed by atoms with Crippen LogP contribution >= 0.6 is 0 Å². The van der Waals surface area contributed by atoms with Crippen molar-refractivity contribution in [3.63, 3.8) is 0 Å². The Kier molecular flexibility index (Phi) is 18.2. The Labute approximate surface area is 93.5 Å². The summed E-state index contributed by atoms with van der Waals surface area (Å²) in [5, 5.41) is 0. The van der Waals surface area contributed by atoms with Gasteiger partial charge in [0.15, 0.2) is 0 Å². The van der Waals surface area contributed by atoms with Crippen LogP contribution in [0.1, 0.15) is 69.2 Å². The van der Waals surface area contributed by atoms with E-state index in [1.807, 2.05) is 27.7 Å². The molecule has 0 rings (SSSR count). The molecule has 2 atom stereocenters. The van der Waals surface area contributed by atoms with Gasteiger partial charge in [0.05, 0.1) is 0 Å². The van der Waals surface area contributed by atoms with Crippen LogP contribution in [0.15, 0.2) is 0 Å². The molecule has 0 heteroatoms. The third-order valence-electron chi connectivity index (χ3n) is 2.93. The van der Waals surface area contributed by atoms with Gasteiger partial charge in [0, 0.05) is 0 Å². The summed E-state index contributed by atoms with van der Waals surface area (Å²) in [4.78, 5) is 0. The van der Waals surface area contributed by atoms with Crippen LogP contribution in [0.2, 0.25) is 0 Å². The van der Waals surface area contributed by atoms with Gasteiger partial charge in [-0.3, -0.25) is 0 Å². The van der Waals surface area contributed by atoms with Crippen molar-refractivity contribution in [3.05, 3.63) is 0 Å². The second-order valence-electron chi connectivity index (χ2n) is 4.21. The van der Waals surface area contributed by atoms with E-state index in [0.29, 0.717) is 0 Å². The highest BCUT2D eigenvalue weighted by atomic mass is 14.2. The molecular formula is C14H34. The standard InChI is InChI=1S/C10H22.2C2H6/c1-7(2)9(5)10(6)8(3)4;2*1-2/h7-10H,1-6H3;2*1-2H3. The zero-order valence-corrected chi connectivity index (χ0v) is 12.3. The van der Waals surface area contributed by atoms with Gasteiger partial charge in [0.1, 0.15) is 0 Å². The molecule has 0 heterocycles. The van der Waals surface area contributed by atoms with E-state index in [4.69, 9.17) is 0 Å². The lowest BCUT2D eigenvalue weighted by Crippen LogP contribution is -2.18. The topological polar surface area (TPSA) is 0 Å². The van der Waals surface area contributed by atoms with Gasteiger partial charge in [-0.1, -0.05) is 69.2 Å². The van der Waals surface area contributed by atoms with E-state index in [9.17, 15) is 0 Å². The Morgan fingerprint density at radius 1 is 0.429 bits per heavy atom. The highest BCUT2D eigenvalue weighted by molar-refractivity contribution is 4.67. The van der Waals surface area contributed by atoms with Crippen LogP contribution in [0, 0.1) is 23.7 Å². The summed E-state index contributed by atoms with van der Waals surface area (Å²) in [5.41, 5.74) is 0. The summed E-state index contributed by atoms with van der Waals surface area (Å²) in [7, 11) is 0. The third-order valence-corrected chi connectivity index (χ3v) is 2.93. The second kappa shape index (κ2) is 13.0. The van der Waals surface area contributed by atoms with E-state index >= 15 is 0 Å². The lowest BCUT2D eigenvalue weighted by atomic mass is 9.80. The molecule has 0 radical (unpaired) electrons. The van der Waals surface area contributed by atoms with Gasteiger partial charge in [-0.15, -0.1) is 0 Å². The third kappa shape index (κ3) is 10.1. The molecule has 0 bridgehead atoms. The van der Waals surface area contributed by atoms with Gasteiger partial charge < -0.3 is 0 Å². The first-order valence-electron chi connectivity index (χ1n) is 6.46. The monoisotopic (exact) mass is 202 g/mol. The van der Waals surface area contributed by atoms with Crippen molar-refractivity contribution in [2.45, 2.75) is 69.2 Å². The molecule has 0 aliphatic carbocycles. The van der Waals surface area contributed by atoms with E-state index in [-0.39, 0.29) is 0 Å². The van der Waals surface area contributed by atoms with Gasteiger partial charge in [0.2, 0.25) is 0 Å². The molecular weight excluding hydrogens is 168 g/mol. The Morgan fingerprint density at radius 3 is 0.643 bits per heavy atom. The maximum atomic E-state index is 2.36. The lowest BCUT2D eigenvalue weighted by Gasteiger charge is -2.26. The minimum absolute atomic E-state index is 0.831. The minimum atomic E-state index is 0.831. The minimum Gasteiger partial charge on any atom is -0.0683 e. The molecule has 0 aliphatic rings. The van der Waals surface area contributed by atoms with Crippen LogP contribution in [0.3, 0.4) is 0 Å². The zero-order valence-electron chi connectivity index (χ0n) is 12.3. The average molecular weight is 202 g/mol. The largest absolute Gasteiger partial charge is 0.0683 e. The van der Waals surface area contributed by atoms with Gasteiger partial charge in [-0.2, -0.15) is 0 Å². The van der Waals surface area contributed by atoms with Crippen molar-refractivity contribution in [1.29, 1.82) is 0 Å². The van der Waals surface area contributed by atoms with Gasteiger partial charge in [-0.05, 0) is 23.7 Å². The molecule has 0 aromatic heterocycles. The summed E-state index contributed by atoms with van der Waals surface area (Å²) in [6.07, 6.45) is 0. The van der Waals surface area contributed by atoms with E-state index in [1.165, 1.54) is 0 Å². The molecule has 14 heavy (non-hydrogen) atoms. The molecule has 90 valence electrons. The average Bonchev–Trinajstić information content (AvgIpc) is 2.21. The molecule has 0 aromatic rings. The first kappa shape index (κ1) is 19.6. The zero-order chi connectivity index (χ0) is 12.3. The fraction of sp³-hybridized carbons (Fsp3) is 1.00. The molecule has 0 N–H and O–H groups in total. The highest BCUT2D eigenvalue weighted by Crippen LogP contribution is 2.25. The van der Waals surface area contributed by atoms with Crippen LogP contribution in [0.5, 0.6) is 0 Å². The smallest absolute Gasteiger partial charge is 0.0391 e. The van der Waals surface area contributed by atoms with Crippen LogP contribution in [-0.2, 0) is 0 Å². The SMILES string of the molecule is CC.CC.CC(C)C(C)C(C)C(C)C. The summed E-state index contributed by atoms with van der Waals surface area (Å²) < 4.78 is 0. The van der Waals surface area contributed by atoms with Crippen LogP contribution in [0.4, 0.5) is 0 Å². The Morgan fingerprint density at radius 2 is 0.571 bits per heavy atom. The molecule has 0 saturated carbocycles. The van der Waals surface area contributed by atoms with Crippen molar-refractivity contribution < 1.29 is 0 Å². The van der Waals surface area contributed by atoms with Crippen molar-refractivity contribution in [1.82, 2.24) is 0 Å². The van der Waals surface area contributed by atoms with Gasteiger partial charge in [-0.25, -0.2) is 0 Å². The summed E-state index contributed by atoms with van der Waals surface area (Å²) in [6.45, 7) is 21.9. The molecule has 2 unspecified atom stereocenters. The number of hydrogen-bond acceptors (Lipinski definition) is 0. The fourth-order valence-corrected chi connectivity index (χ4v) is 1.21. The molecule has 0 amide bonds. The van der Waals surface area contributed by atoms with E-state index in [0.717, 1.165) is 23.7 Å². The van der Waals surface area contributed by atoms with E-state index in [1.54, 1.807) is 0 Å². The van der Waals surface area contributed by atoms with E-state index < -0.39 is 0 Å². The van der Waals surface area contributed by atoms with Gasteiger partial charge in [0.25, 0.3) is 0 Å². The summed E-state index contributed by atoms with van der Waals surface area (Å²) in [5.74, 6) is 3.38. The quantitative estimate of drug-likeness (QED) is 0.557. The number of hydrogen-bond donors (Lipinski definition) is 0. The van der Waals surface area contributed by atoms with Crippen LogP contribution in [-0.4, -0.2) is 0 Å². The molecule has 0 spiro atoms. The second-order valence-corrected chi connectivity index (χ2v) is 4.21. The van der Waals surface area contributed by atoms with Crippen molar-refractivity contribution >= 4 is 0 Å². The highest BCUT2D eigenvalue weighted by Gasteiger charge is 2.17. The first-order valence-corrected chi connectivity index (χ1v) is 6.46. The Bertz CT molecular complexity index is 70.0. The maximum absolute atomic E-state index is 2.36. The summed E-state index contributed by atoms with van der Waals surface area (Å²) in [6, 6.07) is 0. The molecule has 0 saturated heterocycles. The lowest BCUT2D eigenvalue weighted by molar-refractivity contribution is 0.235. The molecule has 0 aromatic carbocycles. The molecule has 0 fully saturated rings. The Balaban J connectivity index is -0.000000266. The number of rotatable bonds is 3. The van der Waals surface area contributed by atoms with Gasteiger partial charge >= 0.3 is 0 Å². The fourth-order valence-electron chi connectivity index (χ4n) is 1.21. The van der Waals surface area contributed by atoms with Crippen molar-refractivity contribution in [2.24, 2.45) is 23.7 Å². The Hall–Kier alpha value is 0. The summed E-state index contributed by atoms with van der Waals surface area (Å²) >= 11 is 0. The van der Waals surface area contributed by atoms with E-state index in [2.05, 4.69) is 41.5 Å². The molecule has 0 aliphatic heterocycles. The predicted molar refractivity (Wildman–Crippen MR) is 70.7 cm³/mol. The first-order chi connectivity index (χ1) is 6.46. The van der Waals surface area contributed by atoms with Crippen molar-refractivity contribution in [3.8, 4) is 0 Å². The van der Waals surface area contributed by atoms with Crippen LogP contribution < -0.4 is 0 Å². The normalized spacial score (nSPS) is 13.7.